The van der Waals surface area contributed by atoms with E-state index in [1.54, 1.807) is 0 Å². The van der Waals surface area contributed by atoms with Crippen LogP contribution in [0.2, 0.25) is 0 Å². The van der Waals surface area contributed by atoms with Crippen molar-refractivity contribution < 1.29 is 0 Å². The van der Waals surface area contributed by atoms with Crippen LogP contribution in [0.4, 0.5) is 5.82 Å². The molecule has 0 unspecified atom stereocenters. The Kier molecular flexibility index (Phi) is 3.50. The molecule has 0 saturated carbocycles. The Balaban J connectivity index is 2.77. The van der Waals surface area contributed by atoms with Gasteiger partial charge < -0.3 is 5.32 Å². The normalized spacial score (nSPS) is 10.7. The Bertz CT molecular complexity index is 303. The molecule has 0 spiro atoms. The van der Waals surface area contributed by atoms with Gasteiger partial charge in [0.1, 0.15) is 5.82 Å². The summed E-state index contributed by atoms with van der Waals surface area (Å²) < 4.78 is 0. The minimum absolute atomic E-state index is 0.949. The third-order valence-corrected chi connectivity index (χ3v) is 2.05. The van der Waals surface area contributed by atoms with Crippen LogP contribution < -0.4 is 5.32 Å². The molecule has 13 heavy (non-hydrogen) atoms. The lowest BCUT2D eigenvalue weighted by atomic mass is 10.2. The molecule has 0 aliphatic heterocycles. The highest BCUT2D eigenvalue weighted by Crippen LogP contribution is 2.14. The van der Waals surface area contributed by atoms with Crippen LogP contribution in [0.5, 0.6) is 0 Å². The molecule has 2 nitrogen and oxygen atoms in total. The van der Waals surface area contributed by atoms with Gasteiger partial charge in [0.05, 0.1) is 0 Å². The molecule has 0 amide bonds. The number of allylic oxidation sites excluding steroid dienone is 1. The molecule has 1 heterocycles. The summed E-state index contributed by atoms with van der Waals surface area (Å²) in [6.07, 6.45) is 6.88. The molecular formula is C11H16N2. The number of aromatic nitrogens is 1. The highest BCUT2D eigenvalue weighted by Gasteiger charge is 1.98. The van der Waals surface area contributed by atoms with Crippen molar-refractivity contribution in [3.63, 3.8) is 0 Å². The van der Waals surface area contributed by atoms with Gasteiger partial charge in [-0.15, -0.1) is 0 Å². The fraction of sp³-hybridized carbons (Fsp3) is 0.364. The smallest absolute Gasteiger partial charge is 0.133 e. The maximum absolute atomic E-state index is 4.25. The van der Waals surface area contributed by atoms with E-state index in [9.17, 15) is 0 Å². The molecular weight excluding hydrogens is 160 g/mol. The molecule has 0 atom stereocenters. The Labute approximate surface area is 79.7 Å². The van der Waals surface area contributed by atoms with Gasteiger partial charge >= 0.3 is 0 Å². The second-order valence-electron chi connectivity index (χ2n) is 3.06. The Morgan fingerprint density at radius 3 is 2.92 bits per heavy atom. The van der Waals surface area contributed by atoms with E-state index in [1.165, 1.54) is 11.1 Å². The lowest BCUT2D eigenvalue weighted by Crippen LogP contribution is -1.95. The van der Waals surface area contributed by atoms with Crippen LogP contribution in [-0.4, -0.2) is 4.98 Å². The molecule has 0 aliphatic carbocycles. The van der Waals surface area contributed by atoms with Crippen molar-refractivity contribution in [2.24, 2.45) is 0 Å². The lowest BCUT2D eigenvalue weighted by molar-refractivity contribution is 1.19. The molecule has 0 saturated heterocycles. The summed E-state index contributed by atoms with van der Waals surface area (Å²) in [5.74, 6) is 0.949. The summed E-state index contributed by atoms with van der Waals surface area (Å²) in [5, 5.41) is 3.16. The first-order valence-electron chi connectivity index (χ1n) is 4.59. The number of nitrogens with one attached hydrogen (secondary N) is 1. The molecule has 0 radical (unpaired) electrons. The molecule has 0 bridgehead atoms. The van der Waals surface area contributed by atoms with Gasteiger partial charge in [0.15, 0.2) is 0 Å². The van der Waals surface area contributed by atoms with Gasteiger partial charge in [0.25, 0.3) is 0 Å². The Hall–Kier alpha value is -1.31. The van der Waals surface area contributed by atoms with Gasteiger partial charge in [-0.2, -0.15) is 0 Å². The summed E-state index contributed by atoms with van der Waals surface area (Å²) >= 11 is 0. The van der Waals surface area contributed by atoms with Crippen LogP contribution in [0.3, 0.4) is 0 Å². The fourth-order valence-corrected chi connectivity index (χ4v) is 1.03. The molecule has 1 N–H and O–H groups in total. The van der Waals surface area contributed by atoms with Crippen molar-refractivity contribution in [1.29, 1.82) is 0 Å². The quantitative estimate of drug-likeness (QED) is 0.765. The third kappa shape index (κ3) is 2.58. The number of aryl methyl sites for hydroxylation is 1. The number of rotatable bonds is 3. The molecule has 1 aromatic heterocycles. The second kappa shape index (κ2) is 4.65. The molecule has 1 aromatic rings. The average molecular weight is 176 g/mol. The van der Waals surface area contributed by atoms with Gasteiger partial charge in [0.2, 0.25) is 0 Å². The van der Waals surface area contributed by atoms with Crippen LogP contribution >= 0.6 is 0 Å². The van der Waals surface area contributed by atoms with Gasteiger partial charge in [-0.25, -0.2) is 4.98 Å². The highest BCUT2D eigenvalue weighted by molar-refractivity contribution is 5.48. The fourth-order valence-electron chi connectivity index (χ4n) is 1.03. The van der Waals surface area contributed by atoms with E-state index in [2.05, 4.69) is 37.1 Å². The van der Waals surface area contributed by atoms with E-state index in [0.29, 0.717) is 0 Å². The van der Waals surface area contributed by atoms with Crippen LogP contribution in [0.1, 0.15) is 24.5 Å². The first-order valence-corrected chi connectivity index (χ1v) is 4.59. The second-order valence-corrected chi connectivity index (χ2v) is 3.06. The first-order chi connectivity index (χ1) is 6.25. The van der Waals surface area contributed by atoms with Crippen LogP contribution in [0.15, 0.2) is 24.5 Å². The average Bonchev–Trinajstić information content (AvgIpc) is 2.13. The van der Waals surface area contributed by atoms with E-state index in [4.69, 9.17) is 0 Å². The predicted octanol–water partition coefficient (Wildman–Crippen LogP) is 3.03. The zero-order valence-corrected chi connectivity index (χ0v) is 8.46. The van der Waals surface area contributed by atoms with Crippen molar-refractivity contribution >= 4 is 5.82 Å². The van der Waals surface area contributed by atoms with Gasteiger partial charge in [-0.05, 0) is 43.7 Å². The van der Waals surface area contributed by atoms with E-state index in [-0.39, 0.29) is 0 Å². The molecule has 1 rings (SSSR count). The van der Waals surface area contributed by atoms with E-state index in [0.717, 1.165) is 12.2 Å². The van der Waals surface area contributed by atoms with E-state index >= 15 is 0 Å². The molecule has 2 heteroatoms. The summed E-state index contributed by atoms with van der Waals surface area (Å²) in [7, 11) is 0. The standard InChI is InChI=1S/C11H16N2/c1-4-5-7-12-11-10(3)9(2)6-8-13-11/h5-8H,4H2,1-3H3,(H,12,13)/b7-5-. The topological polar surface area (TPSA) is 24.9 Å². The van der Waals surface area contributed by atoms with Crippen molar-refractivity contribution in [2.75, 3.05) is 5.32 Å². The van der Waals surface area contributed by atoms with Gasteiger partial charge in [-0.3, -0.25) is 0 Å². The van der Waals surface area contributed by atoms with E-state index < -0.39 is 0 Å². The van der Waals surface area contributed by atoms with Crippen molar-refractivity contribution in [2.45, 2.75) is 27.2 Å². The summed E-state index contributed by atoms with van der Waals surface area (Å²) in [5.41, 5.74) is 2.48. The predicted molar refractivity (Wildman–Crippen MR) is 56.8 cm³/mol. The Morgan fingerprint density at radius 2 is 2.23 bits per heavy atom. The van der Waals surface area contributed by atoms with Crippen LogP contribution in [0, 0.1) is 13.8 Å². The number of hydrogen-bond acceptors (Lipinski definition) is 2. The summed E-state index contributed by atoms with van der Waals surface area (Å²) in [6.45, 7) is 6.27. The number of nitrogens with zero attached hydrogens (tertiary/aromatic N) is 1. The molecule has 70 valence electrons. The number of hydrogen-bond donors (Lipinski definition) is 1. The molecule has 0 aliphatic rings. The van der Waals surface area contributed by atoms with Crippen LogP contribution in [0.25, 0.3) is 0 Å². The maximum atomic E-state index is 4.25. The third-order valence-electron chi connectivity index (χ3n) is 2.05. The SMILES string of the molecule is CC/C=C\Nc1nccc(C)c1C. The first kappa shape index (κ1) is 9.78. The highest BCUT2D eigenvalue weighted by atomic mass is 15.0. The molecule has 0 aromatic carbocycles. The van der Waals surface area contributed by atoms with E-state index in [1.807, 2.05) is 18.5 Å². The zero-order valence-electron chi connectivity index (χ0n) is 8.46. The summed E-state index contributed by atoms with van der Waals surface area (Å²) in [6, 6.07) is 2.02. The zero-order chi connectivity index (χ0) is 9.68. The maximum Gasteiger partial charge on any atom is 0.133 e. The van der Waals surface area contributed by atoms with Crippen LogP contribution in [-0.2, 0) is 0 Å². The van der Waals surface area contributed by atoms with Crippen molar-refractivity contribution in [1.82, 2.24) is 4.98 Å². The van der Waals surface area contributed by atoms with Gasteiger partial charge in [0, 0.05) is 6.20 Å². The van der Waals surface area contributed by atoms with Crippen molar-refractivity contribution in [3.8, 4) is 0 Å². The minimum Gasteiger partial charge on any atom is -0.347 e. The number of anilines is 1. The monoisotopic (exact) mass is 176 g/mol. The number of pyridine rings is 1. The summed E-state index contributed by atoms with van der Waals surface area (Å²) in [4.78, 5) is 4.25. The van der Waals surface area contributed by atoms with Gasteiger partial charge in [-0.1, -0.05) is 13.0 Å². The molecule has 0 fully saturated rings. The minimum atomic E-state index is 0.949. The lowest BCUT2D eigenvalue weighted by Gasteiger charge is -2.05. The largest absolute Gasteiger partial charge is 0.347 e. The Morgan fingerprint density at radius 1 is 1.46 bits per heavy atom. The van der Waals surface area contributed by atoms with Crippen molar-refractivity contribution in [3.05, 3.63) is 35.7 Å².